The summed E-state index contributed by atoms with van der Waals surface area (Å²) in [6, 6.07) is 13.9. The number of rotatable bonds is 2. The maximum atomic E-state index is 13.8. The molecule has 2 aromatic carbocycles. The normalized spacial score (nSPS) is 31.9. The number of methoxy groups -OCH3 is 1. The Kier molecular flexibility index (Phi) is 4.51. The molecule has 2 bridgehead atoms. The van der Waals surface area contributed by atoms with Crippen molar-refractivity contribution in [2.45, 2.75) is 51.2 Å². The SMILES string of the molecule is COc1ccc2c(c1)CCN(C(=O)[C@H]1C[C@@H]3CC[C@]1(C)C[C@]31NC(=O)c3ccccc3N1)C2. The van der Waals surface area contributed by atoms with Crippen molar-refractivity contribution >= 4 is 17.5 Å². The fraction of sp³-hybridized carbons (Fsp3) is 0.481. The van der Waals surface area contributed by atoms with Gasteiger partial charge in [0.1, 0.15) is 11.4 Å². The van der Waals surface area contributed by atoms with Crippen molar-refractivity contribution in [2.75, 3.05) is 19.0 Å². The van der Waals surface area contributed by atoms with Crippen LogP contribution >= 0.6 is 0 Å². The quantitative estimate of drug-likeness (QED) is 0.734. The third-order valence-corrected chi connectivity index (χ3v) is 8.71. The lowest BCUT2D eigenvalue weighted by Gasteiger charge is -2.61. The summed E-state index contributed by atoms with van der Waals surface area (Å²) in [5, 5.41) is 7.01. The highest BCUT2D eigenvalue weighted by molar-refractivity contribution is 6.02. The highest BCUT2D eigenvalue weighted by Crippen LogP contribution is 2.59. The summed E-state index contributed by atoms with van der Waals surface area (Å²) >= 11 is 0. The van der Waals surface area contributed by atoms with E-state index in [0.29, 0.717) is 12.1 Å². The Labute approximate surface area is 194 Å². The molecule has 3 fully saturated rings. The summed E-state index contributed by atoms with van der Waals surface area (Å²) in [6.07, 6.45) is 4.51. The monoisotopic (exact) mass is 445 g/mol. The van der Waals surface area contributed by atoms with E-state index < -0.39 is 5.66 Å². The lowest BCUT2D eigenvalue weighted by molar-refractivity contribution is -0.151. The summed E-state index contributed by atoms with van der Waals surface area (Å²) in [6.45, 7) is 3.68. The number of hydrogen-bond acceptors (Lipinski definition) is 4. The summed E-state index contributed by atoms with van der Waals surface area (Å²) in [5.41, 5.74) is 3.50. The topological polar surface area (TPSA) is 70.7 Å². The average molecular weight is 446 g/mol. The van der Waals surface area contributed by atoms with Crippen LogP contribution in [0.3, 0.4) is 0 Å². The number of para-hydroxylation sites is 1. The van der Waals surface area contributed by atoms with Crippen LogP contribution in [0.4, 0.5) is 5.69 Å². The number of carbonyl (C=O) groups is 2. The third-order valence-electron chi connectivity index (χ3n) is 8.71. The van der Waals surface area contributed by atoms with E-state index in [2.05, 4.69) is 34.6 Å². The number of fused-ring (bicyclic) bond motifs is 4. The van der Waals surface area contributed by atoms with Gasteiger partial charge in [-0.2, -0.15) is 0 Å². The maximum Gasteiger partial charge on any atom is 0.255 e. The van der Waals surface area contributed by atoms with Crippen LogP contribution in [0.2, 0.25) is 0 Å². The minimum atomic E-state index is -0.458. The summed E-state index contributed by atoms with van der Waals surface area (Å²) < 4.78 is 5.36. The Morgan fingerprint density at radius 2 is 2.00 bits per heavy atom. The predicted molar refractivity (Wildman–Crippen MR) is 126 cm³/mol. The summed E-state index contributed by atoms with van der Waals surface area (Å²) in [5.74, 6) is 1.39. The van der Waals surface area contributed by atoms with Gasteiger partial charge in [0, 0.05) is 30.6 Å². The largest absolute Gasteiger partial charge is 0.497 e. The zero-order valence-corrected chi connectivity index (χ0v) is 19.3. The van der Waals surface area contributed by atoms with Crippen LogP contribution in [0.25, 0.3) is 0 Å². The molecule has 3 saturated carbocycles. The molecule has 6 heteroatoms. The van der Waals surface area contributed by atoms with Gasteiger partial charge in [0.25, 0.3) is 5.91 Å². The molecule has 2 aromatic rings. The zero-order chi connectivity index (χ0) is 22.8. The Hall–Kier alpha value is -3.02. The fourth-order valence-corrected chi connectivity index (χ4v) is 6.89. The predicted octanol–water partition coefficient (Wildman–Crippen LogP) is 3.96. The fourth-order valence-electron chi connectivity index (χ4n) is 6.89. The van der Waals surface area contributed by atoms with Crippen LogP contribution in [-0.4, -0.2) is 36.0 Å². The van der Waals surface area contributed by atoms with E-state index in [-0.39, 0.29) is 29.1 Å². The van der Waals surface area contributed by atoms with Gasteiger partial charge in [-0.05, 0) is 72.9 Å². The number of ether oxygens (including phenoxy) is 1. The number of benzene rings is 2. The first-order valence-electron chi connectivity index (χ1n) is 12.1. The van der Waals surface area contributed by atoms with Crippen LogP contribution in [-0.2, 0) is 17.8 Å². The molecule has 2 heterocycles. The minimum absolute atomic E-state index is 0.00227. The minimum Gasteiger partial charge on any atom is -0.497 e. The number of nitrogens with zero attached hydrogens (tertiary/aromatic N) is 1. The first-order chi connectivity index (χ1) is 15.9. The molecule has 0 aromatic heterocycles. The highest BCUT2D eigenvalue weighted by atomic mass is 16.5. The number of nitrogens with one attached hydrogen (secondary N) is 2. The maximum absolute atomic E-state index is 13.8. The van der Waals surface area contributed by atoms with Crippen molar-refractivity contribution in [1.82, 2.24) is 10.2 Å². The first kappa shape index (κ1) is 20.6. The van der Waals surface area contributed by atoms with Gasteiger partial charge >= 0.3 is 0 Å². The van der Waals surface area contributed by atoms with Crippen molar-refractivity contribution in [3.05, 3.63) is 59.2 Å². The zero-order valence-electron chi connectivity index (χ0n) is 19.3. The molecule has 2 amide bonds. The van der Waals surface area contributed by atoms with Crippen LogP contribution in [0.15, 0.2) is 42.5 Å². The van der Waals surface area contributed by atoms with Gasteiger partial charge in [0.15, 0.2) is 0 Å². The molecule has 2 N–H and O–H groups in total. The summed E-state index contributed by atoms with van der Waals surface area (Å²) in [4.78, 5) is 28.8. The van der Waals surface area contributed by atoms with E-state index >= 15 is 0 Å². The molecular formula is C27H31N3O3. The number of anilines is 1. The number of amides is 2. The lowest BCUT2D eigenvalue weighted by Crippen LogP contribution is -2.70. The van der Waals surface area contributed by atoms with Gasteiger partial charge < -0.3 is 20.3 Å². The Balaban J connectivity index is 1.23. The van der Waals surface area contributed by atoms with E-state index in [9.17, 15) is 9.59 Å². The molecule has 2 aliphatic heterocycles. The van der Waals surface area contributed by atoms with Crippen LogP contribution < -0.4 is 15.4 Å². The van der Waals surface area contributed by atoms with Gasteiger partial charge in [0.05, 0.1) is 12.7 Å². The van der Waals surface area contributed by atoms with Crippen LogP contribution in [0, 0.1) is 17.3 Å². The van der Waals surface area contributed by atoms with Crippen molar-refractivity contribution in [2.24, 2.45) is 17.3 Å². The van der Waals surface area contributed by atoms with Crippen molar-refractivity contribution in [3.8, 4) is 5.75 Å². The van der Waals surface area contributed by atoms with E-state index in [0.717, 1.165) is 50.1 Å². The van der Waals surface area contributed by atoms with Crippen molar-refractivity contribution < 1.29 is 14.3 Å². The molecular weight excluding hydrogens is 414 g/mol. The average Bonchev–Trinajstić information content (AvgIpc) is 2.82. The third kappa shape index (κ3) is 3.14. The lowest BCUT2D eigenvalue weighted by atomic mass is 9.51. The first-order valence-corrected chi connectivity index (χ1v) is 12.1. The molecule has 0 unspecified atom stereocenters. The molecule has 5 aliphatic rings. The van der Waals surface area contributed by atoms with E-state index in [1.54, 1.807) is 7.11 Å². The van der Waals surface area contributed by atoms with E-state index in [4.69, 9.17) is 4.74 Å². The van der Waals surface area contributed by atoms with Crippen LogP contribution in [0.5, 0.6) is 5.75 Å². The van der Waals surface area contributed by atoms with Gasteiger partial charge in [-0.3, -0.25) is 9.59 Å². The van der Waals surface area contributed by atoms with E-state index in [1.807, 2.05) is 30.3 Å². The van der Waals surface area contributed by atoms with E-state index in [1.165, 1.54) is 11.1 Å². The Morgan fingerprint density at radius 3 is 2.82 bits per heavy atom. The second-order valence-corrected chi connectivity index (χ2v) is 10.6. The summed E-state index contributed by atoms with van der Waals surface area (Å²) in [7, 11) is 1.69. The number of carbonyl (C=O) groups excluding carboxylic acids is 2. The standard InChI is InChI=1S/C27H31N3O3/c1-26-11-9-19(27(16-26)28-23-6-4-3-5-21(23)24(31)29-27)14-22(26)25(32)30-12-10-17-13-20(33-2)8-7-18(17)15-30/h3-8,13,19,22,28H,9-12,14-16H2,1-2H3,(H,29,31)/t19-,22+,26+,27-/m0/s1. The molecule has 6 nitrogen and oxygen atoms in total. The molecule has 172 valence electrons. The van der Waals surface area contributed by atoms with Gasteiger partial charge in [0.2, 0.25) is 5.91 Å². The molecule has 4 atom stereocenters. The molecule has 3 aliphatic carbocycles. The van der Waals surface area contributed by atoms with Crippen LogP contribution in [0.1, 0.15) is 54.1 Å². The van der Waals surface area contributed by atoms with Gasteiger partial charge in [-0.15, -0.1) is 0 Å². The Morgan fingerprint density at radius 1 is 1.15 bits per heavy atom. The van der Waals surface area contributed by atoms with Gasteiger partial charge in [-0.1, -0.05) is 25.1 Å². The smallest absolute Gasteiger partial charge is 0.255 e. The van der Waals surface area contributed by atoms with Crippen molar-refractivity contribution in [3.63, 3.8) is 0 Å². The molecule has 0 radical (unpaired) electrons. The molecule has 7 rings (SSSR count). The molecule has 1 spiro atoms. The highest BCUT2D eigenvalue weighted by Gasteiger charge is 2.60. The molecule has 33 heavy (non-hydrogen) atoms. The van der Waals surface area contributed by atoms with Gasteiger partial charge in [-0.25, -0.2) is 0 Å². The molecule has 0 saturated heterocycles. The second kappa shape index (κ2) is 7.24. The van der Waals surface area contributed by atoms with Crippen molar-refractivity contribution in [1.29, 1.82) is 0 Å². The second-order valence-electron chi connectivity index (χ2n) is 10.6. The Bertz CT molecular complexity index is 1150. The number of hydrogen-bond donors (Lipinski definition) is 2.